The Bertz CT molecular complexity index is 989. The normalized spacial score (nSPS) is 11.0. The predicted octanol–water partition coefficient (Wildman–Crippen LogP) is 1.84. The number of hydrogen-bond acceptors (Lipinski definition) is 7. The van der Waals surface area contributed by atoms with Gasteiger partial charge in [0, 0.05) is 0 Å². The molecule has 9 nitrogen and oxygen atoms in total. The zero-order chi connectivity index (χ0) is 18.7. The van der Waals surface area contributed by atoms with Crippen LogP contribution in [-0.4, -0.2) is 37.8 Å². The third-order valence-corrected chi connectivity index (χ3v) is 3.02. The minimum Gasteiger partial charge on any atom is -0.461 e. The first kappa shape index (κ1) is 17.3. The largest absolute Gasteiger partial charge is 0.461 e. The van der Waals surface area contributed by atoms with E-state index in [2.05, 4.69) is 32.2 Å². The SMILES string of the molecule is CC(C)(C)OC(=O)NCC#Cc1cn2nc(-c3ccco3)nc2c(N)n1. The number of nitrogen functional groups attached to an aromatic ring is 1. The van der Waals surface area contributed by atoms with E-state index in [-0.39, 0.29) is 12.4 Å². The zero-order valence-corrected chi connectivity index (χ0v) is 14.6. The summed E-state index contributed by atoms with van der Waals surface area (Å²) in [6, 6.07) is 3.50. The monoisotopic (exact) mass is 354 g/mol. The fourth-order valence-electron chi connectivity index (χ4n) is 2.05. The summed E-state index contributed by atoms with van der Waals surface area (Å²) >= 11 is 0. The molecule has 0 fully saturated rings. The van der Waals surface area contributed by atoms with Crippen molar-refractivity contribution in [3.63, 3.8) is 0 Å². The molecule has 0 spiro atoms. The average Bonchev–Trinajstić information content (AvgIpc) is 3.18. The molecule has 0 bridgehead atoms. The van der Waals surface area contributed by atoms with Gasteiger partial charge in [-0.25, -0.2) is 19.3 Å². The van der Waals surface area contributed by atoms with Gasteiger partial charge in [0.15, 0.2) is 17.2 Å². The molecular formula is C17H18N6O3. The highest BCUT2D eigenvalue weighted by atomic mass is 16.6. The number of ether oxygens (including phenoxy) is 1. The fourth-order valence-corrected chi connectivity index (χ4v) is 2.05. The van der Waals surface area contributed by atoms with Crippen molar-refractivity contribution in [2.45, 2.75) is 26.4 Å². The summed E-state index contributed by atoms with van der Waals surface area (Å²) in [6.07, 6.45) is 2.61. The van der Waals surface area contributed by atoms with E-state index in [4.69, 9.17) is 14.9 Å². The molecule has 0 aliphatic heterocycles. The molecule has 9 heteroatoms. The Morgan fingerprint density at radius 1 is 1.42 bits per heavy atom. The molecule has 1 amide bonds. The van der Waals surface area contributed by atoms with Gasteiger partial charge in [-0.1, -0.05) is 5.92 Å². The van der Waals surface area contributed by atoms with Gasteiger partial charge in [0.05, 0.1) is 19.0 Å². The van der Waals surface area contributed by atoms with Crippen LogP contribution in [0.25, 0.3) is 17.2 Å². The Kier molecular flexibility index (Phi) is 4.49. The molecule has 0 aliphatic rings. The van der Waals surface area contributed by atoms with Gasteiger partial charge in [-0.05, 0) is 38.8 Å². The number of alkyl carbamates (subject to hydrolysis) is 1. The second kappa shape index (κ2) is 6.76. The van der Waals surface area contributed by atoms with Gasteiger partial charge in [-0.15, -0.1) is 5.10 Å². The standard InChI is InChI=1S/C17H18N6O3/c1-17(2,3)26-16(24)19-8-4-6-11-10-23-15(13(18)20-11)21-14(22-23)12-7-5-9-25-12/h5,7,9-10H,8H2,1-3H3,(H2,18,20)(H,19,24). The molecule has 3 heterocycles. The summed E-state index contributed by atoms with van der Waals surface area (Å²) in [7, 11) is 0. The lowest BCUT2D eigenvalue weighted by atomic mass is 10.2. The zero-order valence-electron chi connectivity index (χ0n) is 14.6. The van der Waals surface area contributed by atoms with Crippen molar-refractivity contribution in [2.24, 2.45) is 0 Å². The van der Waals surface area contributed by atoms with Crippen LogP contribution in [0, 0.1) is 11.8 Å². The minimum absolute atomic E-state index is 0.115. The molecule has 26 heavy (non-hydrogen) atoms. The quantitative estimate of drug-likeness (QED) is 0.674. The van der Waals surface area contributed by atoms with E-state index in [1.807, 2.05) is 0 Å². The van der Waals surface area contributed by atoms with Gasteiger partial charge in [-0.2, -0.15) is 0 Å². The number of nitrogens with zero attached hydrogens (tertiary/aromatic N) is 4. The van der Waals surface area contributed by atoms with Crippen molar-refractivity contribution in [1.82, 2.24) is 24.9 Å². The number of hydrogen-bond donors (Lipinski definition) is 2. The number of carbonyl (C=O) groups is 1. The molecular weight excluding hydrogens is 336 g/mol. The van der Waals surface area contributed by atoms with E-state index in [1.165, 1.54) is 10.8 Å². The Hall–Kier alpha value is -3.54. The highest BCUT2D eigenvalue weighted by Gasteiger charge is 2.15. The van der Waals surface area contributed by atoms with Gasteiger partial charge in [0.25, 0.3) is 0 Å². The lowest BCUT2D eigenvalue weighted by molar-refractivity contribution is 0.0535. The smallest absolute Gasteiger partial charge is 0.408 e. The molecule has 3 N–H and O–H groups in total. The number of amides is 1. The van der Waals surface area contributed by atoms with Crippen LogP contribution >= 0.6 is 0 Å². The number of carbonyl (C=O) groups excluding carboxylic acids is 1. The molecule has 3 aromatic heterocycles. The molecule has 0 saturated carbocycles. The summed E-state index contributed by atoms with van der Waals surface area (Å²) in [5, 5.41) is 6.85. The second-order valence-corrected chi connectivity index (χ2v) is 6.35. The van der Waals surface area contributed by atoms with Crippen molar-refractivity contribution in [2.75, 3.05) is 12.3 Å². The molecule has 0 radical (unpaired) electrons. The van der Waals surface area contributed by atoms with E-state index < -0.39 is 11.7 Å². The molecule has 0 saturated heterocycles. The van der Waals surface area contributed by atoms with Crippen LogP contribution in [0.4, 0.5) is 10.6 Å². The fraction of sp³-hybridized carbons (Fsp3) is 0.294. The van der Waals surface area contributed by atoms with E-state index in [1.54, 1.807) is 39.1 Å². The van der Waals surface area contributed by atoms with Crippen LogP contribution in [-0.2, 0) is 4.74 Å². The third-order valence-electron chi connectivity index (χ3n) is 3.02. The number of nitrogens with two attached hydrogens (primary N) is 1. The first-order chi connectivity index (χ1) is 12.3. The van der Waals surface area contributed by atoms with E-state index in [0.717, 1.165) is 0 Å². The van der Waals surface area contributed by atoms with E-state index >= 15 is 0 Å². The van der Waals surface area contributed by atoms with Gasteiger partial charge in [-0.3, -0.25) is 0 Å². The van der Waals surface area contributed by atoms with Crippen LogP contribution in [0.1, 0.15) is 26.5 Å². The van der Waals surface area contributed by atoms with Crippen LogP contribution < -0.4 is 11.1 Å². The molecule has 0 atom stereocenters. The van der Waals surface area contributed by atoms with E-state index in [9.17, 15) is 4.79 Å². The molecule has 134 valence electrons. The average molecular weight is 354 g/mol. The highest BCUT2D eigenvalue weighted by molar-refractivity contribution is 5.68. The summed E-state index contributed by atoms with van der Waals surface area (Å²) < 4.78 is 11.9. The molecule has 0 aromatic carbocycles. The lowest BCUT2D eigenvalue weighted by Gasteiger charge is -2.18. The lowest BCUT2D eigenvalue weighted by Crippen LogP contribution is -2.32. The maximum absolute atomic E-state index is 11.5. The number of anilines is 1. The Morgan fingerprint density at radius 3 is 2.92 bits per heavy atom. The minimum atomic E-state index is -0.558. The van der Waals surface area contributed by atoms with Gasteiger partial charge < -0.3 is 20.2 Å². The summed E-state index contributed by atoms with van der Waals surface area (Å²) in [5.41, 5.74) is 6.18. The van der Waals surface area contributed by atoms with E-state index in [0.29, 0.717) is 22.9 Å². The van der Waals surface area contributed by atoms with Crippen LogP contribution in [0.2, 0.25) is 0 Å². The Balaban J connectivity index is 1.72. The van der Waals surface area contributed by atoms with Crippen molar-refractivity contribution in [3.05, 3.63) is 30.3 Å². The van der Waals surface area contributed by atoms with Crippen LogP contribution in [0.3, 0.4) is 0 Å². The Labute approximate surface area is 149 Å². The van der Waals surface area contributed by atoms with Crippen molar-refractivity contribution >= 4 is 17.6 Å². The molecule has 3 rings (SSSR count). The highest BCUT2D eigenvalue weighted by Crippen LogP contribution is 2.18. The number of aromatic nitrogens is 4. The third kappa shape index (κ3) is 4.10. The summed E-state index contributed by atoms with van der Waals surface area (Å²) in [4.78, 5) is 20.0. The van der Waals surface area contributed by atoms with Gasteiger partial charge in [0.1, 0.15) is 11.3 Å². The summed E-state index contributed by atoms with van der Waals surface area (Å²) in [6.45, 7) is 5.48. The maximum atomic E-state index is 11.5. The Morgan fingerprint density at radius 2 is 2.23 bits per heavy atom. The van der Waals surface area contributed by atoms with Crippen molar-refractivity contribution in [3.8, 4) is 23.4 Å². The van der Waals surface area contributed by atoms with Crippen molar-refractivity contribution < 1.29 is 13.9 Å². The van der Waals surface area contributed by atoms with Crippen molar-refractivity contribution in [1.29, 1.82) is 0 Å². The number of furan rings is 1. The van der Waals surface area contributed by atoms with Gasteiger partial charge >= 0.3 is 6.09 Å². The number of nitrogens with one attached hydrogen (secondary N) is 1. The number of fused-ring (bicyclic) bond motifs is 1. The second-order valence-electron chi connectivity index (χ2n) is 6.35. The first-order valence-corrected chi connectivity index (χ1v) is 7.84. The topological polar surface area (TPSA) is 121 Å². The maximum Gasteiger partial charge on any atom is 0.408 e. The van der Waals surface area contributed by atoms with Crippen LogP contribution in [0.5, 0.6) is 0 Å². The first-order valence-electron chi connectivity index (χ1n) is 7.84. The molecule has 3 aromatic rings. The molecule has 0 unspecified atom stereocenters. The molecule has 0 aliphatic carbocycles. The van der Waals surface area contributed by atoms with Crippen LogP contribution in [0.15, 0.2) is 29.0 Å². The van der Waals surface area contributed by atoms with Gasteiger partial charge in [0.2, 0.25) is 5.82 Å². The summed E-state index contributed by atoms with van der Waals surface area (Å²) in [5.74, 6) is 6.73. The number of rotatable bonds is 2. The predicted molar refractivity (Wildman–Crippen MR) is 94.0 cm³/mol.